The lowest BCUT2D eigenvalue weighted by Gasteiger charge is -2.08. The number of anilines is 4. The van der Waals surface area contributed by atoms with Crippen molar-refractivity contribution in [2.75, 3.05) is 16.0 Å². The van der Waals surface area contributed by atoms with Gasteiger partial charge in [-0.2, -0.15) is 0 Å². The van der Waals surface area contributed by atoms with E-state index < -0.39 is 17.5 Å². The maximum atomic E-state index is 13.6. The summed E-state index contributed by atoms with van der Waals surface area (Å²) in [6.45, 7) is 1.40. The molecular weight excluding hydrogens is 368 g/mol. The van der Waals surface area contributed by atoms with Crippen LogP contribution in [-0.4, -0.2) is 21.8 Å². The molecule has 2 amide bonds. The second-order valence-corrected chi connectivity index (χ2v) is 5.76. The van der Waals surface area contributed by atoms with Crippen molar-refractivity contribution in [3.05, 3.63) is 72.1 Å². The van der Waals surface area contributed by atoms with Crippen LogP contribution in [-0.2, 0) is 4.79 Å². The maximum Gasteiger partial charge on any atom is 0.258 e. The van der Waals surface area contributed by atoms with Gasteiger partial charge in [0.25, 0.3) is 5.91 Å². The van der Waals surface area contributed by atoms with Crippen LogP contribution in [0.1, 0.15) is 17.3 Å². The molecule has 0 radical (unpaired) electrons. The van der Waals surface area contributed by atoms with Gasteiger partial charge in [-0.1, -0.05) is 0 Å². The average Bonchev–Trinajstić information content (AvgIpc) is 2.66. The van der Waals surface area contributed by atoms with Gasteiger partial charge >= 0.3 is 0 Å². The Kier molecular flexibility index (Phi) is 5.54. The van der Waals surface area contributed by atoms with Gasteiger partial charge in [0.1, 0.15) is 11.6 Å². The van der Waals surface area contributed by atoms with E-state index in [1.54, 1.807) is 24.3 Å². The molecule has 0 aliphatic carbocycles. The Morgan fingerprint density at radius 3 is 2.07 bits per heavy atom. The van der Waals surface area contributed by atoms with Crippen molar-refractivity contribution >= 4 is 34.8 Å². The number of carbonyl (C=O) groups excluding carboxylic acids is 2. The third-order valence-electron chi connectivity index (χ3n) is 3.55. The summed E-state index contributed by atoms with van der Waals surface area (Å²) in [6, 6.07) is 9.63. The summed E-state index contributed by atoms with van der Waals surface area (Å²) in [7, 11) is 0. The van der Waals surface area contributed by atoms with E-state index in [0.717, 1.165) is 12.1 Å². The molecule has 0 unspecified atom stereocenters. The monoisotopic (exact) mass is 383 g/mol. The summed E-state index contributed by atoms with van der Waals surface area (Å²) in [5, 5.41) is 7.90. The van der Waals surface area contributed by atoms with Gasteiger partial charge in [0.15, 0.2) is 0 Å². The number of nitrogens with zero attached hydrogens (tertiary/aromatic N) is 2. The van der Waals surface area contributed by atoms with E-state index >= 15 is 0 Å². The molecule has 2 aromatic carbocycles. The van der Waals surface area contributed by atoms with Crippen molar-refractivity contribution in [1.82, 2.24) is 9.97 Å². The van der Waals surface area contributed by atoms with Gasteiger partial charge < -0.3 is 16.0 Å². The average molecular weight is 383 g/mol. The molecule has 3 rings (SSSR count). The van der Waals surface area contributed by atoms with Gasteiger partial charge in [0.05, 0.1) is 11.3 Å². The van der Waals surface area contributed by atoms with Crippen LogP contribution in [0.2, 0.25) is 0 Å². The highest BCUT2D eigenvalue weighted by Crippen LogP contribution is 2.18. The quantitative estimate of drug-likeness (QED) is 0.624. The minimum Gasteiger partial charge on any atom is -0.326 e. The summed E-state index contributed by atoms with van der Waals surface area (Å²) in [4.78, 5) is 31.2. The molecule has 1 aromatic heterocycles. The Hall–Kier alpha value is -3.88. The smallest absolute Gasteiger partial charge is 0.258 e. The number of carbonyl (C=O) groups is 2. The summed E-state index contributed by atoms with van der Waals surface area (Å²) < 4.78 is 26.6. The molecule has 7 nitrogen and oxygen atoms in total. The highest BCUT2D eigenvalue weighted by molar-refractivity contribution is 6.04. The molecule has 3 N–H and O–H groups in total. The van der Waals surface area contributed by atoms with E-state index in [9.17, 15) is 18.4 Å². The lowest BCUT2D eigenvalue weighted by molar-refractivity contribution is -0.114. The summed E-state index contributed by atoms with van der Waals surface area (Å²) in [5.74, 6) is -2.05. The highest BCUT2D eigenvalue weighted by atomic mass is 19.1. The van der Waals surface area contributed by atoms with Crippen LogP contribution in [0.15, 0.2) is 54.9 Å². The Labute approximate surface area is 158 Å². The second-order valence-electron chi connectivity index (χ2n) is 5.76. The number of hydrogen-bond acceptors (Lipinski definition) is 5. The molecule has 0 aliphatic rings. The molecule has 0 atom stereocenters. The van der Waals surface area contributed by atoms with Crippen LogP contribution < -0.4 is 16.0 Å². The fraction of sp³-hybridized carbons (Fsp3) is 0.0526. The predicted molar refractivity (Wildman–Crippen MR) is 100 cm³/mol. The lowest BCUT2D eigenvalue weighted by Crippen LogP contribution is -2.13. The molecule has 0 saturated heterocycles. The van der Waals surface area contributed by atoms with Crippen LogP contribution in [0.3, 0.4) is 0 Å². The van der Waals surface area contributed by atoms with E-state index in [1.165, 1.54) is 25.4 Å². The van der Waals surface area contributed by atoms with Crippen LogP contribution in [0.4, 0.5) is 31.8 Å². The minimum atomic E-state index is -0.784. The van der Waals surface area contributed by atoms with E-state index in [1.807, 2.05) is 0 Å². The van der Waals surface area contributed by atoms with Crippen LogP contribution in [0, 0.1) is 11.6 Å². The first-order valence-electron chi connectivity index (χ1n) is 8.14. The van der Waals surface area contributed by atoms with Gasteiger partial charge in [-0.05, 0) is 36.4 Å². The largest absolute Gasteiger partial charge is 0.326 e. The first kappa shape index (κ1) is 18.9. The van der Waals surface area contributed by atoms with Crippen LogP contribution in [0.25, 0.3) is 0 Å². The van der Waals surface area contributed by atoms with Crippen molar-refractivity contribution in [3.63, 3.8) is 0 Å². The molecular formula is C19H15F2N5O2. The van der Waals surface area contributed by atoms with E-state index in [0.29, 0.717) is 11.4 Å². The first-order chi connectivity index (χ1) is 13.4. The maximum absolute atomic E-state index is 13.6. The van der Waals surface area contributed by atoms with E-state index in [4.69, 9.17) is 0 Å². The fourth-order valence-electron chi connectivity index (χ4n) is 2.26. The molecule has 3 aromatic rings. The molecule has 0 fully saturated rings. The van der Waals surface area contributed by atoms with Crippen molar-refractivity contribution in [3.8, 4) is 0 Å². The van der Waals surface area contributed by atoms with E-state index in [2.05, 4.69) is 25.9 Å². The Bertz CT molecular complexity index is 1010. The first-order valence-corrected chi connectivity index (χ1v) is 8.14. The molecule has 0 bridgehead atoms. The highest BCUT2D eigenvalue weighted by Gasteiger charge is 2.10. The normalized spacial score (nSPS) is 10.2. The van der Waals surface area contributed by atoms with E-state index in [-0.39, 0.29) is 23.1 Å². The SMILES string of the molecule is CC(=O)Nc1ccc(NC(=O)c2cnc(Nc3ccc(F)cc3F)nc2)cc1. The summed E-state index contributed by atoms with van der Waals surface area (Å²) >= 11 is 0. The van der Waals surface area contributed by atoms with Crippen molar-refractivity contribution in [2.45, 2.75) is 6.92 Å². The fourth-order valence-corrected chi connectivity index (χ4v) is 2.26. The molecule has 0 aliphatic heterocycles. The second kappa shape index (κ2) is 8.21. The van der Waals surface area contributed by atoms with Crippen molar-refractivity contribution in [1.29, 1.82) is 0 Å². The van der Waals surface area contributed by atoms with Gasteiger partial charge in [-0.25, -0.2) is 18.7 Å². The van der Waals surface area contributed by atoms with Gasteiger partial charge in [0.2, 0.25) is 11.9 Å². The number of benzene rings is 2. The van der Waals surface area contributed by atoms with Crippen molar-refractivity contribution < 1.29 is 18.4 Å². The Morgan fingerprint density at radius 2 is 1.50 bits per heavy atom. The van der Waals surface area contributed by atoms with Gasteiger partial charge in [-0.15, -0.1) is 0 Å². The third-order valence-corrected chi connectivity index (χ3v) is 3.55. The summed E-state index contributed by atoms with van der Waals surface area (Å²) in [5.41, 5.74) is 1.33. The predicted octanol–water partition coefficient (Wildman–Crippen LogP) is 3.71. The lowest BCUT2D eigenvalue weighted by atomic mass is 10.2. The standard InChI is InChI=1S/C19H15F2N5O2/c1-11(27)24-14-3-5-15(6-4-14)25-18(28)12-9-22-19(23-10-12)26-17-7-2-13(20)8-16(17)21/h2-10H,1H3,(H,24,27)(H,25,28)(H,22,23,26). The van der Waals surface area contributed by atoms with Crippen LogP contribution in [0.5, 0.6) is 0 Å². The molecule has 1 heterocycles. The zero-order valence-electron chi connectivity index (χ0n) is 14.7. The number of nitrogens with one attached hydrogen (secondary N) is 3. The number of hydrogen-bond donors (Lipinski definition) is 3. The number of halogens is 2. The molecule has 0 saturated carbocycles. The molecule has 9 heteroatoms. The molecule has 142 valence electrons. The number of rotatable bonds is 5. The zero-order valence-corrected chi connectivity index (χ0v) is 14.7. The van der Waals surface area contributed by atoms with Crippen LogP contribution >= 0.6 is 0 Å². The molecule has 0 spiro atoms. The number of amides is 2. The zero-order chi connectivity index (χ0) is 20.1. The summed E-state index contributed by atoms with van der Waals surface area (Å²) in [6.07, 6.45) is 2.55. The van der Waals surface area contributed by atoms with Gasteiger partial charge in [-0.3, -0.25) is 9.59 Å². The topological polar surface area (TPSA) is 96.0 Å². The molecule has 28 heavy (non-hydrogen) atoms. The Morgan fingerprint density at radius 1 is 0.893 bits per heavy atom. The number of aromatic nitrogens is 2. The third kappa shape index (κ3) is 4.85. The Balaban J connectivity index is 1.64. The minimum absolute atomic E-state index is 0.0119. The van der Waals surface area contributed by atoms with Gasteiger partial charge in [0, 0.05) is 36.8 Å². The van der Waals surface area contributed by atoms with Crippen molar-refractivity contribution in [2.24, 2.45) is 0 Å².